The molecule has 2 aromatic rings. The van der Waals surface area contributed by atoms with Crippen molar-refractivity contribution in [2.45, 2.75) is 32.6 Å². The van der Waals surface area contributed by atoms with Crippen molar-refractivity contribution in [3.8, 4) is 0 Å². The quantitative estimate of drug-likeness (QED) is 0.697. The molecule has 0 spiro atoms. The van der Waals surface area contributed by atoms with Gasteiger partial charge in [-0.1, -0.05) is 14.7 Å². The highest BCUT2D eigenvalue weighted by Crippen LogP contribution is 2.44. The summed E-state index contributed by atoms with van der Waals surface area (Å²) in [5.74, 6) is 0.0952. The van der Waals surface area contributed by atoms with E-state index < -0.39 is 0 Å². The van der Waals surface area contributed by atoms with Gasteiger partial charge in [0.05, 0.1) is 40.3 Å². The summed E-state index contributed by atoms with van der Waals surface area (Å²) in [4.78, 5) is 24.2. The van der Waals surface area contributed by atoms with Crippen LogP contribution in [0.4, 0.5) is 0 Å². The number of aryl methyl sites for hydroxylation is 2. The summed E-state index contributed by atoms with van der Waals surface area (Å²) in [7, 11) is 2.64. The summed E-state index contributed by atoms with van der Waals surface area (Å²) in [5.41, 5.74) is 4.87. The third-order valence-electron chi connectivity index (χ3n) is 6.21. The number of allylic oxidation sites excluding steroid dienone is 1. The number of aromatic nitrogens is 3. The van der Waals surface area contributed by atoms with Gasteiger partial charge in [0.1, 0.15) is 0 Å². The molecular weight excluding hydrogens is 395 g/mol. The van der Waals surface area contributed by atoms with Gasteiger partial charge in [0.2, 0.25) is 0 Å². The summed E-state index contributed by atoms with van der Waals surface area (Å²) in [6.07, 6.45) is 10.1. The number of carbonyl (C=O) groups is 1. The van der Waals surface area contributed by atoms with Crippen LogP contribution >= 0.6 is 8.58 Å². The van der Waals surface area contributed by atoms with Crippen molar-refractivity contribution in [3.63, 3.8) is 0 Å². The van der Waals surface area contributed by atoms with Crippen LogP contribution in [0.3, 0.4) is 0 Å². The molecule has 1 amide bonds. The van der Waals surface area contributed by atoms with E-state index in [1.165, 1.54) is 0 Å². The molecule has 3 aliphatic heterocycles. The molecule has 0 bridgehead atoms. The second-order valence-corrected chi connectivity index (χ2v) is 9.83. The van der Waals surface area contributed by atoms with Crippen LogP contribution in [0.1, 0.15) is 24.0 Å². The largest absolute Gasteiger partial charge is 0.368 e. The summed E-state index contributed by atoms with van der Waals surface area (Å²) >= 11 is 0. The minimum Gasteiger partial charge on any atom is -0.368 e. The number of carbonyl (C=O) groups excluding carboxylic acids is 1. The number of nitrogens with zero attached hydrogens (tertiary/aromatic N) is 6. The van der Waals surface area contributed by atoms with Crippen molar-refractivity contribution < 1.29 is 4.79 Å². The third-order valence-corrected chi connectivity index (χ3v) is 7.68. The van der Waals surface area contributed by atoms with Crippen LogP contribution < -0.4 is 0 Å². The van der Waals surface area contributed by atoms with E-state index in [1.807, 2.05) is 41.7 Å². The Bertz CT molecular complexity index is 1120. The maximum Gasteiger partial charge on any atom is 0.252 e. The molecule has 1 fully saturated rings. The normalized spacial score (nSPS) is 25.7. The minimum absolute atomic E-state index is 0.0286. The first-order chi connectivity index (χ1) is 14.4. The molecule has 0 N–H and O–H groups in total. The number of piperazine rings is 1. The Hall–Kier alpha value is -2.50. The molecule has 3 aliphatic rings. The van der Waals surface area contributed by atoms with Crippen molar-refractivity contribution in [3.05, 3.63) is 59.5 Å². The highest BCUT2D eigenvalue weighted by Gasteiger charge is 2.31. The molecule has 0 aliphatic carbocycles. The van der Waals surface area contributed by atoms with E-state index in [0.717, 1.165) is 53.2 Å². The van der Waals surface area contributed by atoms with Gasteiger partial charge < -0.3 is 14.7 Å². The number of fused-ring (bicyclic) bond motifs is 2. The van der Waals surface area contributed by atoms with E-state index in [9.17, 15) is 4.79 Å². The zero-order valence-electron chi connectivity index (χ0n) is 17.8. The van der Waals surface area contributed by atoms with Crippen LogP contribution in [-0.2, 0) is 4.79 Å². The smallest absolute Gasteiger partial charge is 0.252 e. The predicted octanol–water partition coefficient (Wildman–Crippen LogP) is 2.58. The van der Waals surface area contributed by atoms with Gasteiger partial charge in [-0.3, -0.25) is 9.78 Å². The fraction of sp³-hybridized carbons (Fsp3) is 0.409. The van der Waals surface area contributed by atoms with Crippen LogP contribution in [0.2, 0.25) is 0 Å². The lowest BCUT2D eigenvalue weighted by Gasteiger charge is -2.42. The fourth-order valence-corrected chi connectivity index (χ4v) is 5.63. The Kier molecular flexibility index (Phi) is 4.75. The summed E-state index contributed by atoms with van der Waals surface area (Å²) in [5, 5.41) is 5.74. The maximum absolute atomic E-state index is 13.0. The molecule has 2 aromatic heterocycles. The Morgan fingerprint density at radius 1 is 1.23 bits per heavy atom. The summed E-state index contributed by atoms with van der Waals surface area (Å²) in [6, 6.07) is 2.55. The first kappa shape index (κ1) is 19.5. The molecule has 3 atom stereocenters. The molecule has 30 heavy (non-hydrogen) atoms. The zero-order chi connectivity index (χ0) is 21.0. The number of amides is 1. The SMILES string of the molecule is Cc1cn2nc(C3=CC(=O)N4C=C(N5CCN(C)[C@H](C)C5)C=CC4P3)cc2c(C)n1. The number of rotatable bonds is 2. The third kappa shape index (κ3) is 3.36. The van der Waals surface area contributed by atoms with Gasteiger partial charge >= 0.3 is 0 Å². The standard InChI is InChI=1S/C22H27N6OP/c1-14-11-28-19(16(3)23-14)9-18(24-28)20-10-21(29)27-13-17(5-6-22(27)30-20)26-8-7-25(4)15(2)12-26/h5-6,9-11,13,15,22,30H,7-8,12H2,1-4H3/t15-,22?/m1/s1. The van der Waals surface area contributed by atoms with E-state index in [-0.39, 0.29) is 11.7 Å². The molecule has 0 radical (unpaired) electrons. The maximum atomic E-state index is 13.0. The second kappa shape index (κ2) is 7.33. The number of likely N-dealkylation sites (N-methyl/N-ethyl adjacent to an activating group) is 1. The topological polar surface area (TPSA) is 57.0 Å². The first-order valence-electron chi connectivity index (χ1n) is 10.4. The lowest BCUT2D eigenvalue weighted by molar-refractivity contribution is -0.123. The zero-order valence-corrected chi connectivity index (χ0v) is 18.8. The van der Waals surface area contributed by atoms with Gasteiger partial charge in [0.25, 0.3) is 5.91 Å². The summed E-state index contributed by atoms with van der Waals surface area (Å²) in [6.45, 7) is 9.22. The van der Waals surface area contributed by atoms with Gasteiger partial charge in [0.15, 0.2) is 0 Å². The molecule has 7 nitrogen and oxygen atoms in total. The summed E-state index contributed by atoms with van der Waals surface area (Å²) < 4.78 is 1.87. The van der Waals surface area contributed by atoms with E-state index in [1.54, 1.807) is 6.08 Å². The van der Waals surface area contributed by atoms with Crippen LogP contribution in [-0.4, -0.2) is 73.7 Å². The highest BCUT2D eigenvalue weighted by atomic mass is 31.1. The predicted molar refractivity (Wildman–Crippen MR) is 120 cm³/mol. The Labute approximate surface area is 178 Å². The van der Waals surface area contributed by atoms with E-state index >= 15 is 0 Å². The molecule has 156 valence electrons. The van der Waals surface area contributed by atoms with Crippen LogP contribution in [0, 0.1) is 13.8 Å². The van der Waals surface area contributed by atoms with Crippen molar-refractivity contribution in [2.24, 2.45) is 0 Å². The van der Waals surface area contributed by atoms with Gasteiger partial charge in [-0.05, 0) is 40.0 Å². The first-order valence-corrected chi connectivity index (χ1v) is 11.5. The van der Waals surface area contributed by atoms with E-state index in [2.05, 4.69) is 40.9 Å². The van der Waals surface area contributed by atoms with Crippen molar-refractivity contribution >= 4 is 25.3 Å². The molecule has 8 heteroatoms. The minimum atomic E-state index is 0.0286. The van der Waals surface area contributed by atoms with Gasteiger partial charge in [-0.25, -0.2) is 4.52 Å². The molecular formula is C22H27N6OP. The monoisotopic (exact) mass is 422 g/mol. The Morgan fingerprint density at radius 2 is 2.07 bits per heavy atom. The average molecular weight is 422 g/mol. The molecule has 0 saturated carbocycles. The number of hydrogen-bond donors (Lipinski definition) is 0. The average Bonchev–Trinajstić information content (AvgIpc) is 3.14. The molecule has 2 unspecified atom stereocenters. The van der Waals surface area contributed by atoms with Crippen LogP contribution in [0.25, 0.3) is 10.8 Å². The highest BCUT2D eigenvalue weighted by molar-refractivity contribution is 7.51. The van der Waals surface area contributed by atoms with Gasteiger partial charge in [-0.15, -0.1) is 0 Å². The number of hydrogen-bond acceptors (Lipinski definition) is 5. The molecule has 1 saturated heterocycles. The van der Waals surface area contributed by atoms with Crippen molar-refractivity contribution in [1.29, 1.82) is 0 Å². The van der Waals surface area contributed by atoms with Gasteiger partial charge in [0, 0.05) is 43.3 Å². The Morgan fingerprint density at radius 3 is 2.87 bits per heavy atom. The Balaban J connectivity index is 1.41. The second-order valence-electron chi connectivity index (χ2n) is 8.41. The van der Waals surface area contributed by atoms with Crippen LogP contribution in [0.5, 0.6) is 0 Å². The van der Waals surface area contributed by atoms with Crippen molar-refractivity contribution in [2.75, 3.05) is 26.7 Å². The fourth-order valence-electron chi connectivity index (χ4n) is 4.31. The molecule has 5 rings (SSSR count). The van der Waals surface area contributed by atoms with Crippen LogP contribution in [0.15, 0.2) is 42.4 Å². The molecule has 5 heterocycles. The molecule has 0 aromatic carbocycles. The van der Waals surface area contributed by atoms with E-state index in [4.69, 9.17) is 5.10 Å². The van der Waals surface area contributed by atoms with Gasteiger partial charge in [-0.2, -0.15) is 5.10 Å². The van der Waals surface area contributed by atoms with E-state index in [0.29, 0.717) is 14.6 Å². The lowest BCUT2D eigenvalue weighted by Crippen LogP contribution is -2.50. The van der Waals surface area contributed by atoms with Crippen molar-refractivity contribution in [1.82, 2.24) is 29.3 Å². The lowest BCUT2D eigenvalue weighted by atomic mass is 10.1.